The molecule has 3 unspecified atom stereocenters. The number of allylic oxidation sites excluding steroid dienone is 17. The average Bonchev–Trinajstić information content (AvgIpc) is 3.26. The smallest absolute Gasteiger partial charge is 0.472 e. The van der Waals surface area contributed by atoms with Gasteiger partial charge in [0.2, 0.25) is 5.91 Å². The van der Waals surface area contributed by atoms with Crippen molar-refractivity contribution in [2.75, 3.05) is 19.8 Å². The number of carbonyl (C=O) groups excluding carboxylic acids is 2. The van der Waals surface area contributed by atoms with E-state index in [0.717, 1.165) is 89.9 Å². The van der Waals surface area contributed by atoms with Crippen molar-refractivity contribution in [3.63, 3.8) is 0 Å². The van der Waals surface area contributed by atoms with Gasteiger partial charge in [-0.25, -0.2) is 9.36 Å². The topological polar surface area (TPSA) is 169 Å². The van der Waals surface area contributed by atoms with Crippen LogP contribution in [0.1, 0.15) is 162 Å². The third-order valence-corrected chi connectivity index (χ3v) is 10.3. The number of aliphatic hydroxyl groups is 1. The first-order chi connectivity index (χ1) is 30.6. The Labute approximate surface area is 380 Å². The lowest BCUT2D eigenvalue weighted by Gasteiger charge is -2.18. The van der Waals surface area contributed by atoms with Gasteiger partial charge in [0.15, 0.2) is 6.04 Å². The molecular weight excluding hydrogens is 818 g/mol. The molecule has 11 nitrogen and oxygen atoms in total. The zero-order valence-corrected chi connectivity index (χ0v) is 39.5. The molecule has 0 aliphatic carbocycles. The van der Waals surface area contributed by atoms with E-state index in [1.165, 1.54) is 32.1 Å². The molecule has 0 aliphatic heterocycles. The van der Waals surface area contributed by atoms with Crippen molar-refractivity contribution < 1.29 is 47.8 Å². The first kappa shape index (κ1) is 59.1. The lowest BCUT2D eigenvalue weighted by atomic mass is 10.1. The minimum Gasteiger partial charge on any atom is -0.480 e. The molecule has 12 heteroatoms. The molecule has 356 valence electrons. The normalized spacial score (nSPS) is 14.6. The van der Waals surface area contributed by atoms with Crippen LogP contribution in [0.3, 0.4) is 0 Å². The quantitative estimate of drug-likeness (QED) is 0.0200. The van der Waals surface area contributed by atoms with E-state index in [-0.39, 0.29) is 12.8 Å². The number of nitrogens with one attached hydrogen (secondary N) is 1. The molecule has 0 spiro atoms. The number of unbranched alkanes of at least 4 members (excludes halogenated alkanes) is 11. The SMILES string of the molecule is CC/C=C\C/C=C\C/C=C\C/C=C\C/C=C\C/C=C\C/C=C\CC(=O)OCC(O)COP(=O)(O)OCC(NC(=O)CCCCCCCCC/C=C\C/C=C\CCCCCC)C(=O)O. The molecule has 63 heavy (non-hydrogen) atoms. The van der Waals surface area contributed by atoms with E-state index in [1.54, 1.807) is 6.08 Å². The van der Waals surface area contributed by atoms with Crippen molar-refractivity contribution in [2.24, 2.45) is 0 Å². The number of amides is 1. The molecule has 0 saturated carbocycles. The first-order valence-corrected chi connectivity index (χ1v) is 24.9. The highest BCUT2D eigenvalue weighted by Gasteiger charge is 2.28. The number of carboxylic acids is 1. The number of ether oxygens (including phenoxy) is 1. The van der Waals surface area contributed by atoms with Gasteiger partial charge in [0.1, 0.15) is 12.7 Å². The highest BCUT2D eigenvalue weighted by atomic mass is 31.2. The Morgan fingerprint density at radius 2 is 0.952 bits per heavy atom. The van der Waals surface area contributed by atoms with Gasteiger partial charge < -0.3 is 25.2 Å². The van der Waals surface area contributed by atoms with Crippen molar-refractivity contribution in [3.8, 4) is 0 Å². The van der Waals surface area contributed by atoms with E-state index in [9.17, 15) is 34.1 Å². The van der Waals surface area contributed by atoms with E-state index >= 15 is 0 Å². The number of hydrogen-bond donors (Lipinski definition) is 4. The molecule has 0 saturated heterocycles. The van der Waals surface area contributed by atoms with E-state index in [4.69, 9.17) is 13.8 Å². The molecular formula is C51H82NO10P. The molecule has 1 amide bonds. The van der Waals surface area contributed by atoms with Crippen molar-refractivity contribution in [1.82, 2.24) is 5.32 Å². The van der Waals surface area contributed by atoms with Crippen LogP contribution in [0.2, 0.25) is 0 Å². The molecule has 3 atom stereocenters. The van der Waals surface area contributed by atoms with Crippen LogP contribution in [0.25, 0.3) is 0 Å². The fourth-order valence-corrected chi connectivity index (χ4v) is 6.50. The average molecular weight is 900 g/mol. The Bertz CT molecular complexity index is 1480. The number of aliphatic carboxylic acids is 1. The van der Waals surface area contributed by atoms with Gasteiger partial charge in [-0.1, -0.05) is 175 Å². The summed E-state index contributed by atoms with van der Waals surface area (Å²) in [5.74, 6) is -2.54. The second-order valence-electron chi connectivity index (χ2n) is 15.2. The maximum Gasteiger partial charge on any atom is 0.472 e. The number of hydrogen-bond acceptors (Lipinski definition) is 8. The molecule has 0 aliphatic rings. The van der Waals surface area contributed by atoms with Crippen LogP contribution >= 0.6 is 7.82 Å². The second kappa shape index (κ2) is 44.7. The number of rotatable bonds is 42. The van der Waals surface area contributed by atoms with E-state index < -0.39 is 57.6 Å². The van der Waals surface area contributed by atoms with Crippen molar-refractivity contribution in [1.29, 1.82) is 0 Å². The molecule has 0 aromatic heterocycles. The number of carbonyl (C=O) groups is 3. The number of phosphoric ester groups is 1. The molecule has 0 aromatic rings. The van der Waals surface area contributed by atoms with E-state index in [1.807, 2.05) is 18.2 Å². The molecule has 4 N–H and O–H groups in total. The van der Waals surface area contributed by atoms with Gasteiger partial charge in [0.25, 0.3) is 0 Å². The number of phosphoric acid groups is 1. The zero-order chi connectivity index (χ0) is 46.3. The Morgan fingerprint density at radius 3 is 1.43 bits per heavy atom. The zero-order valence-electron chi connectivity index (χ0n) is 38.6. The van der Waals surface area contributed by atoms with Crippen LogP contribution in [-0.2, 0) is 32.7 Å². The molecule has 0 fully saturated rings. The summed E-state index contributed by atoms with van der Waals surface area (Å²) in [6.45, 7) is 2.34. The highest BCUT2D eigenvalue weighted by Crippen LogP contribution is 2.43. The second-order valence-corrected chi connectivity index (χ2v) is 16.7. The van der Waals surface area contributed by atoms with Gasteiger partial charge in [0.05, 0.1) is 19.6 Å². The molecule has 0 heterocycles. The Kier molecular flexibility index (Phi) is 42.0. The molecule has 0 rings (SSSR count). The van der Waals surface area contributed by atoms with Gasteiger partial charge in [-0.05, 0) is 83.5 Å². The van der Waals surface area contributed by atoms with Crippen LogP contribution in [0.15, 0.2) is 109 Å². The standard InChI is InChI=1S/C51H82NO10P/c1-3-5-7-9-11-13-15-17-19-21-23-24-25-27-29-31-33-35-37-39-41-43-50(55)60-44-47(53)45-61-63(58,59)62-46-48(51(56)57)52-49(54)42-40-38-36-34-32-30-28-26-22-20-18-16-14-12-10-8-6-4-2/h5,7,11,13-14,16-17,19-20,22-24,27,29,33,35,39,41,47-48,53H,3-4,6,8-10,12,15,18,21,25-26,28,30-32,34,36-38,40,42-46H2,1-2H3,(H,52,54)(H,56,57)(H,58,59)/b7-5-,13-11-,16-14-,19-17-,22-20-,24-23-,29-27-,35-33-,41-39-. The summed E-state index contributed by atoms with van der Waals surface area (Å²) in [7, 11) is -4.79. The summed E-state index contributed by atoms with van der Waals surface area (Å²) in [4.78, 5) is 46.0. The molecule has 0 bridgehead atoms. The van der Waals surface area contributed by atoms with Crippen LogP contribution in [0, 0.1) is 0 Å². The molecule has 0 aromatic carbocycles. The van der Waals surface area contributed by atoms with Crippen molar-refractivity contribution in [3.05, 3.63) is 109 Å². The number of esters is 1. The van der Waals surface area contributed by atoms with Crippen LogP contribution in [0.4, 0.5) is 0 Å². The number of aliphatic hydroxyl groups excluding tert-OH is 1. The lowest BCUT2D eigenvalue weighted by molar-refractivity contribution is -0.146. The fourth-order valence-electron chi connectivity index (χ4n) is 5.72. The lowest BCUT2D eigenvalue weighted by Crippen LogP contribution is -2.43. The molecule has 0 radical (unpaired) electrons. The first-order valence-electron chi connectivity index (χ1n) is 23.4. The van der Waals surface area contributed by atoms with Gasteiger partial charge in [-0.15, -0.1) is 0 Å². The van der Waals surface area contributed by atoms with E-state index in [0.29, 0.717) is 12.8 Å². The van der Waals surface area contributed by atoms with E-state index in [2.05, 4.69) is 104 Å². The van der Waals surface area contributed by atoms with Gasteiger partial charge in [0, 0.05) is 6.42 Å². The van der Waals surface area contributed by atoms with Crippen molar-refractivity contribution >= 4 is 25.7 Å². The van der Waals surface area contributed by atoms with Crippen LogP contribution in [-0.4, -0.2) is 64.9 Å². The highest BCUT2D eigenvalue weighted by molar-refractivity contribution is 7.47. The maximum absolute atomic E-state index is 12.3. The van der Waals surface area contributed by atoms with Gasteiger partial charge >= 0.3 is 19.8 Å². The summed E-state index contributed by atoms with van der Waals surface area (Å²) in [6.07, 6.45) is 58.5. The summed E-state index contributed by atoms with van der Waals surface area (Å²) in [5.41, 5.74) is 0. The minimum absolute atomic E-state index is 0.0175. The Balaban J connectivity index is 4.03. The third-order valence-electron chi connectivity index (χ3n) is 9.33. The summed E-state index contributed by atoms with van der Waals surface area (Å²) in [5, 5.41) is 21.8. The predicted octanol–water partition coefficient (Wildman–Crippen LogP) is 12.6. The maximum atomic E-state index is 12.3. The third kappa shape index (κ3) is 44.5. The predicted molar refractivity (Wildman–Crippen MR) is 258 cm³/mol. The van der Waals surface area contributed by atoms with Crippen LogP contribution in [0.5, 0.6) is 0 Å². The van der Waals surface area contributed by atoms with Crippen molar-refractivity contribution in [2.45, 2.75) is 174 Å². The minimum atomic E-state index is -4.79. The largest absolute Gasteiger partial charge is 0.480 e. The Morgan fingerprint density at radius 1 is 0.540 bits per heavy atom. The summed E-state index contributed by atoms with van der Waals surface area (Å²) in [6, 6.07) is -1.57. The van der Waals surface area contributed by atoms with Crippen LogP contribution < -0.4 is 5.32 Å². The fraction of sp³-hybridized carbons (Fsp3) is 0.588. The summed E-state index contributed by atoms with van der Waals surface area (Å²) < 4.78 is 26.8. The Hall–Kier alpha value is -3.86. The summed E-state index contributed by atoms with van der Waals surface area (Å²) >= 11 is 0. The monoisotopic (exact) mass is 900 g/mol. The van der Waals surface area contributed by atoms with Gasteiger partial charge in [-0.3, -0.25) is 18.6 Å². The van der Waals surface area contributed by atoms with Gasteiger partial charge in [-0.2, -0.15) is 0 Å². The number of carboxylic acid groups (broad SMARTS) is 1.